The third kappa shape index (κ3) is 6.10. The molecule has 0 aliphatic carbocycles. The van der Waals surface area contributed by atoms with Gasteiger partial charge in [-0.1, -0.05) is 44.2 Å². The summed E-state index contributed by atoms with van der Waals surface area (Å²) in [4.78, 5) is 13.3. The Bertz CT molecular complexity index is 757. The second-order valence-electron chi connectivity index (χ2n) is 6.95. The van der Waals surface area contributed by atoms with Crippen molar-refractivity contribution in [3.8, 4) is 0 Å². The Morgan fingerprint density at radius 1 is 1.11 bits per heavy atom. The Kier molecular flexibility index (Phi) is 7.02. The molecule has 2 atom stereocenters. The number of carbonyl (C=O) groups excluding carboxylic acids is 1. The van der Waals surface area contributed by atoms with E-state index in [0.29, 0.717) is 12.5 Å². The van der Waals surface area contributed by atoms with Crippen LogP contribution < -0.4 is 10.2 Å². The maximum atomic E-state index is 12.6. The first-order valence-electron chi connectivity index (χ1n) is 9.07. The second-order valence-corrected chi connectivity index (χ2v) is 6.95. The summed E-state index contributed by atoms with van der Waals surface area (Å²) < 4.78 is 37.9. The highest BCUT2D eigenvalue weighted by Gasteiger charge is 2.30. The average Bonchev–Trinajstić information content (AvgIpc) is 2.61. The molecule has 2 aromatic rings. The monoisotopic (exact) mass is 379 g/mol. The lowest BCUT2D eigenvalue weighted by molar-refractivity contribution is -0.885. The number of anilines is 1. The molecule has 0 bridgehead atoms. The minimum atomic E-state index is -4.33. The van der Waals surface area contributed by atoms with Crippen LogP contribution in [0.3, 0.4) is 0 Å². The van der Waals surface area contributed by atoms with Gasteiger partial charge in [-0.15, -0.1) is 0 Å². The van der Waals surface area contributed by atoms with Crippen LogP contribution in [0.4, 0.5) is 18.9 Å². The van der Waals surface area contributed by atoms with Crippen molar-refractivity contribution in [2.24, 2.45) is 0 Å². The van der Waals surface area contributed by atoms with Crippen molar-refractivity contribution in [3.05, 3.63) is 65.2 Å². The fourth-order valence-corrected chi connectivity index (χ4v) is 2.95. The van der Waals surface area contributed by atoms with Crippen LogP contribution in [-0.4, -0.2) is 19.5 Å². The van der Waals surface area contributed by atoms with E-state index in [2.05, 4.69) is 19.2 Å². The van der Waals surface area contributed by atoms with Crippen molar-refractivity contribution >= 4 is 11.6 Å². The molecular weight excluding hydrogens is 353 g/mol. The molecule has 2 rings (SSSR count). The molecule has 2 N–H and O–H groups in total. The summed E-state index contributed by atoms with van der Waals surface area (Å²) in [5, 5.41) is 2.96. The number of likely N-dealkylation sites (N-methyl/N-ethyl adjacent to an activating group) is 1. The summed E-state index contributed by atoms with van der Waals surface area (Å²) in [6.45, 7) is 4.92. The molecule has 0 radical (unpaired) electrons. The fraction of sp³-hybridized carbons (Fsp3) is 0.381. The van der Waals surface area contributed by atoms with Crippen LogP contribution in [0.25, 0.3) is 0 Å². The van der Waals surface area contributed by atoms with Crippen LogP contribution >= 0.6 is 0 Å². The summed E-state index contributed by atoms with van der Waals surface area (Å²) >= 11 is 0. The molecule has 0 aliphatic rings. The van der Waals surface area contributed by atoms with Gasteiger partial charge in [-0.05, 0) is 36.1 Å². The molecule has 3 nitrogen and oxygen atoms in total. The van der Waals surface area contributed by atoms with Crippen LogP contribution in [0.15, 0.2) is 48.5 Å². The number of para-hydroxylation sites is 1. The van der Waals surface area contributed by atoms with Gasteiger partial charge >= 0.3 is 6.18 Å². The normalized spacial score (nSPS) is 13.9. The third-order valence-electron chi connectivity index (χ3n) is 4.63. The molecule has 0 saturated carbocycles. The maximum absolute atomic E-state index is 12.6. The van der Waals surface area contributed by atoms with Crippen LogP contribution in [0.2, 0.25) is 0 Å². The Balaban J connectivity index is 1.94. The average molecular weight is 379 g/mol. The van der Waals surface area contributed by atoms with Gasteiger partial charge in [0.15, 0.2) is 6.54 Å². The zero-order valence-corrected chi connectivity index (χ0v) is 15.9. The molecule has 146 valence electrons. The first-order valence-corrected chi connectivity index (χ1v) is 9.07. The number of halogens is 3. The van der Waals surface area contributed by atoms with E-state index >= 15 is 0 Å². The number of benzene rings is 2. The first kappa shape index (κ1) is 21.0. The van der Waals surface area contributed by atoms with Gasteiger partial charge in [0.2, 0.25) is 0 Å². The standard InChI is InChI=1S/C21H25F3N2O/c1-4-15(2)18-7-5-6-8-19(18)25-20(27)14-26(3)13-16-9-11-17(12-10-16)21(22,23)24/h5-12,15H,4,13-14H2,1-3H3,(H,25,27)/p+1/t15-/m1/s1. The lowest BCUT2D eigenvalue weighted by atomic mass is 9.97. The minimum absolute atomic E-state index is 0.116. The van der Waals surface area contributed by atoms with Crippen LogP contribution in [0.5, 0.6) is 0 Å². The van der Waals surface area contributed by atoms with E-state index in [0.717, 1.165) is 40.3 Å². The van der Waals surface area contributed by atoms with Crippen molar-refractivity contribution in [1.29, 1.82) is 0 Å². The molecule has 27 heavy (non-hydrogen) atoms. The van der Waals surface area contributed by atoms with Crippen molar-refractivity contribution in [3.63, 3.8) is 0 Å². The molecule has 0 heterocycles. The Hall–Kier alpha value is -2.34. The Morgan fingerprint density at radius 2 is 1.74 bits per heavy atom. The number of hydrogen-bond donors (Lipinski definition) is 2. The van der Waals surface area contributed by atoms with Gasteiger partial charge in [0.25, 0.3) is 5.91 Å². The van der Waals surface area contributed by atoms with Crippen LogP contribution in [0, 0.1) is 0 Å². The number of hydrogen-bond acceptors (Lipinski definition) is 1. The molecule has 0 fully saturated rings. The van der Waals surface area contributed by atoms with Gasteiger partial charge in [-0.3, -0.25) is 4.79 Å². The molecular formula is C21H26F3N2O+. The molecule has 0 spiro atoms. The lowest BCUT2D eigenvalue weighted by Gasteiger charge is -2.17. The number of alkyl halides is 3. The van der Waals surface area contributed by atoms with Gasteiger partial charge in [0.1, 0.15) is 6.54 Å². The summed E-state index contributed by atoms with van der Waals surface area (Å²) in [6, 6.07) is 12.8. The molecule has 2 aromatic carbocycles. The van der Waals surface area contributed by atoms with E-state index in [1.807, 2.05) is 31.3 Å². The number of carbonyl (C=O) groups is 1. The summed E-state index contributed by atoms with van der Waals surface area (Å²) in [5.74, 6) is 0.230. The predicted octanol–water partition coefficient (Wildman–Crippen LogP) is 3.87. The van der Waals surface area contributed by atoms with E-state index < -0.39 is 11.7 Å². The van der Waals surface area contributed by atoms with Crippen LogP contribution in [-0.2, 0) is 17.5 Å². The largest absolute Gasteiger partial charge is 0.416 e. The molecule has 6 heteroatoms. The van der Waals surface area contributed by atoms with Crippen molar-refractivity contribution < 1.29 is 22.9 Å². The zero-order valence-electron chi connectivity index (χ0n) is 15.9. The third-order valence-corrected chi connectivity index (χ3v) is 4.63. The number of nitrogens with one attached hydrogen (secondary N) is 2. The highest BCUT2D eigenvalue weighted by atomic mass is 19.4. The summed E-state index contributed by atoms with van der Waals surface area (Å²) in [7, 11) is 1.85. The second kappa shape index (κ2) is 9.04. The summed E-state index contributed by atoms with van der Waals surface area (Å²) in [5.41, 5.74) is 2.02. The van der Waals surface area contributed by atoms with Crippen molar-refractivity contribution in [2.75, 3.05) is 18.9 Å². The smallest absolute Gasteiger partial charge is 0.326 e. The zero-order chi connectivity index (χ0) is 20.0. The van der Waals surface area contributed by atoms with Crippen LogP contribution in [0.1, 0.15) is 42.9 Å². The SMILES string of the molecule is CC[C@@H](C)c1ccccc1NC(=O)C[NH+](C)Cc1ccc(C(F)(F)F)cc1. The molecule has 1 amide bonds. The van der Waals surface area contributed by atoms with Gasteiger partial charge in [0.05, 0.1) is 12.6 Å². The van der Waals surface area contributed by atoms with E-state index in [1.165, 1.54) is 12.1 Å². The number of amides is 1. The quantitative estimate of drug-likeness (QED) is 0.752. The lowest BCUT2D eigenvalue weighted by Crippen LogP contribution is -3.08. The van der Waals surface area contributed by atoms with Crippen molar-refractivity contribution in [1.82, 2.24) is 0 Å². The van der Waals surface area contributed by atoms with Gasteiger partial charge in [0, 0.05) is 11.3 Å². The highest BCUT2D eigenvalue weighted by molar-refractivity contribution is 5.92. The molecule has 1 unspecified atom stereocenters. The number of quaternary nitrogens is 1. The van der Waals surface area contributed by atoms with E-state index in [9.17, 15) is 18.0 Å². The van der Waals surface area contributed by atoms with Gasteiger partial charge < -0.3 is 10.2 Å². The molecule has 0 saturated heterocycles. The molecule has 0 aliphatic heterocycles. The van der Waals surface area contributed by atoms with Gasteiger partial charge in [-0.2, -0.15) is 13.2 Å². The Morgan fingerprint density at radius 3 is 2.33 bits per heavy atom. The topological polar surface area (TPSA) is 33.5 Å². The van der Waals surface area contributed by atoms with E-state index in [4.69, 9.17) is 0 Å². The summed E-state index contributed by atoms with van der Waals surface area (Å²) in [6.07, 6.45) is -3.36. The Labute approximate surface area is 158 Å². The fourth-order valence-electron chi connectivity index (χ4n) is 2.95. The van der Waals surface area contributed by atoms with Gasteiger partial charge in [-0.25, -0.2) is 0 Å². The van der Waals surface area contributed by atoms with E-state index in [1.54, 1.807) is 0 Å². The predicted molar refractivity (Wildman–Crippen MR) is 101 cm³/mol. The number of rotatable bonds is 7. The molecule has 0 aromatic heterocycles. The highest BCUT2D eigenvalue weighted by Crippen LogP contribution is 2.29. The maximum Gasteiger partial charge on any atom is 0.416 e. The van der Waals surface area contributed by atoms with Crippen molar-refractivity contribution in [2.45, 2.75) is 38.9 Å². The first-order chi connectivity index (χ1) is 12.7. The minimum Gasteiger partial charge on any atom is -0.326 e. The van der Waals surface area contributed by atoms with E-state index in [-0.39, 0.29) is 12.5 Å².